The summed E-state index contributed by atoms with van der Waals surface area (Å²) in [6.07, 6.45) is 3.00. The summed E-state index contributed by atoms with van der Waals surface area (Å²) in [5.74, 6) is -1.06. The molecule has 7 nitrogen and oxygen atoms in total. The molecule has 1 aromatic rings. The third kappa shape index (κ3) is 3.45. The van der Waals surface area contributed by atoms with Crippen molar-refractivity contribution in [3.63, 3.8) is 0 Å². The molecule has 1 atom stereocenters. The Labute approximate surface area is 115 Å². The van der Waals surface area contributed by atoms with Gasteiger partial charge >= 0.3 is 5.97 Å². The SMILES string of the molecule is O=C(O)c1ccc(OCC2CCCCO2)cc1[N+](=O)[O-]. The lowest BCUT2D eigenvalue weighted by atomic mass is 10.1. The molecule has 1 unspecified atom stereocenters. The summed E-state index contributed by atoms with van der Waals surface area (Å²) >= 11 is 0. The van der Waals surface area contributed by atoms with E-state index in [1.54, 1.807) is 0 Å². The Kier molecular flexibility index (Phi) is 4.52. The van der Waals surface area contributed by atoms with Crippen LogP contribution >= 0.6 is 0 Å². The number of nitro benzene ring substituents is 1. The molecular weight excluding hydrogens is 266 g/mol. The van der Waals surface area contributed by atoms with Gasteiger partial charge in [-0.1, -0.05) is 0 Å². The van der Waals surface area contributed by atoms with Crippen molar-refractivity contribution in [3.05, 3.63) is 33.9 Å². The third-order valence-corrected chi connectivity index (χ3v) is 3.11. The van der Waals surface area contributed by atoms with Crippen molar-refractivity contribution in [2.75, 3.05) is 13.2 Å². The van der Waals surface area contributed by atoms with Crippen molar-refractivity contribution in [2.24, 2.45) is 0 Å². The first-order valence-corrected chi connectivity index (χ1v) is 6.34. The van der Waals surface area contributed by atoms with Crippen molar-refractivity contribution in [1.29, 1.82) is 0 Å². The number of carboxylic acid groups (broad SMARTS) is 1. The summed E-state index contributed by atoms with van der Waals surface area (Å²) < 4.78 is 10.9. The molecule has 0 amide bonds. The van der Waals surface area contributed by atoms with Crippen molar-refractivity contribution in [2.45, 2.75) is 25.4 Å². The quantitative estimate of drug-likeness (QED) is 0.656. The van der Waals surface area contributed by atoms with Crippen LogP contribution in [0.1, 0.15) is 29.6 Å². The van der Waals surface area contributed by atoms with E-state index in [1.165, 1.54) is 12.1 Å². The lowest BCUT2D eigenvalue weighted by Crippen LogP contribution is -2.25. The van der Waals surface area contributed by atoms with Gasteiger partial charge in [0.2, 0.25) is 0 Å². The normalized spacial score (nSPS) is 18.5. The highest BCUT2D eigenvalue weighted by molar-refractivity contribution is 5.92. The van der Waals surface area contributed by atoms with Crippen LogP contribution in [0.5, 0.6) is 5.75 Å². The highest BCUT2D eigenvalue weighted by Gasteiger charge is 2.21. The molecule has 1 heterocycles. The second-order valence-electron chi connectivity index (χ2n) is 4.54. The zero-order valence-corrected chi connectivity index (χ0v) is 10.8. The number of carboxylic acids is 1. The molecule has 0 aliphatic carbocycles. The number of benzene rings is 1. The number of ether oxygens (including phenoxy) is 2. The molecule has 1 N–H and O–H groups in total. The Morgan fingerprint density at radius 2 is 2.30 bits per heavy atom. The van der Waals surface area contributed by atoms with Gasteiger partial charge in [0.15, 0.2) is 0 Å². The molecular formula is C13H15NO6. The molecule has 7 heteroatoms. The van der Waals surface area contributed by atoms with E-state index in [9.17, 15) is 14.9 Å². The van der Waals surface area contributed by atoms with E-state index in [4.69, 9.17) is 14.6 Å². The number of hydrogen-bond acceptors (Lipinski definition) is 5. The van der Waals surface area contributed by atoms with E-state index in [2.05, 4.69) is 0 Å². The van der Waals surface area contributed by atoms with Crippen molar-refractivity contribution < 1.29 is 24.3 Å². The van der Waals surface area contributed by atoms with Gasteiger partial charge in [0.25, 0.3) is 5.69 Å². The molecule has 0 saturated carbocycles. The van der Waals surface area contributed by atoms with Crippen LogP contribution < -0.4 is 4.74 Å². The Morgan fingerprint density at radius 3 is 2.90 bits per heavy atom. The van der Waals surface area contributed by atoms with E-state index in [-0.39, 0.29) is 17.4 Å². The molecule has 1 aromatic carbocycles. The molecule has 0 bridgehead atoms. The monoisotopic (exact) mass is 281 g/mol. The molecule has 20 heavy (non-hydrogen) atoms. The van der Waals surface area contributed by atoms with Gasteiger partial charge in [0.1, 0.15) is 17.9 Å². The van der Waals surface area contributed by atoms with Gasteiger partial charge in [-0.3, -0.25) is 10.1 Å². The second-order valence-corrected chi connectivity index (χ2v) is 4.54. The van der Waals surface area contributed by atoms with Gasteiger partial charge in [0, 0.05) is 6.61 Å². The Morgan fingerprint density at radius 1 is 1.50 bits per heavy atom. The van der Waals surface area contributed by atoms with Crippen LogP contribution in [-0.4, -0.2) is 35.3 Å². The highest BCUT2D eigenvalue weighted by atomic mass is 16.6. The van der Waals surface area contributed by atoms with Crippen molar-refractivity contribution >= 4 is 11.7 Å². The maximum absolute atomic E-state index is 10.9. The summed E-state index contributed by atoms with van der Waals surface area (Å²) in [5, 5.41) is 19.7. The fourth-order valence-corrected chi connectivity index (χ4v) is 2.06. The molecule has 0 spiro atoms. The second kappa shape index (κ2) is 6.33. The zero-order chi connectivity index (χ0) is 14.5. The third-order valence-electron chi connectivity index (χ3n) is 3.11. The topological polar surface area (TPSA) is 98.9 Å². The lowest BCUT2D eigenvalue weighted by molar-refractivity contribution is -0.385. The van der Waals surface area contributed by atoms with Gasteiger partial charge in [-0.05, 0) is 31.4 Å². The Bertz CT molecular complexity index is 510. The van der Waals surface area contributed by atoms with Crippen LogP contribution in [0.15, 0.2) is 18.2 Å². The average molecular weight is 281 g/mol. The van der Waals surface area contributed by atoms with E-state index in [0.717, 1.165) is 25.3 Å². The number of aromatic carboxylic acids is 1. The fourth-order valence-electron chi connectivity index (χ4n) is 2.06. The minimum atomic E-state index is -1.33. The minimum Gasteiger partial charge on any atom is -0.491 e. The number of rotatable bonds is 5. The number of carbonyl (C=O) groups is 1. The highest BCUT2D eigenvalue weighted by Crippen LogP contribution is 2.25. The summed E-state index contributed by atoms with van der Waals surface area (Å²) in [7, 11) is 0. The molecule has 0 aromatic heterocycles. The standard InChI is InChI=1S/C13H15NO6/c15-13(16)11-5-4-9(7-12(11)14(17)18)20-8-10-3-1-2-6-19-10/h4-5,7,10H,1-3,6,8H2,(H,15,16). The summed E-state index contributed by atoms with van der Waals surface area (Å²) in [5.41, 5.74) is -0.823. The fraction of sp³-hybridized carbons (Fsp3) is 0.462. The van der Waals surface area contributed by atoms with Crippen molar-refractivity contribution in [1.82, 2.24) is 0 Å². The van der Waals surface area contributed by atoms with Crippen LogP contribution in [0.3, 0.4) is 0 Å². The van der Waals surface area contributed by atoms with Crippen LogP contribution in [-0.2, 0) is 4.74 Å². The number of nitrogens with zero attached hydrogens (tertiary/aromatic N) is 1. The van der Waals surface area contributed by atoms with Crippen molar-refractivity contribution in [3.8, 4) is 5.75 Å². The first-order valence-electron chi connectivity index (χ1n) is 6.34. The maximum Gasteiger partial charge on any atom is 0.342 e. The van der Waals surface area contributed by atoms with Gasteiger partial charge in [-0.25, -0.2) is 4.79 Å². The van der Waals surface area contributed by atoms with Crippen LogP contribution in [0, 0.1) is 10.1 Å². The molecule has 1 fully saturated rings. The summed E-state index contributed by atoms with van der Waals surface area (Å²) in [4.78, 5) is 21.0. The lowest BCUT2D eigenvalue weighted by Gasteiger charge is -2.22. The van der Waals surface area contributed by atoms with E-state index in [1.807, 2.05) is 0 Å². The molecule has 108 valence electrons. The van der Waals surface area contributed by atoms with Gasteiger partial charge in [0.05, 0.1) is 17.1 Å². The van der Waals surface area contributed by atoms with E-state index in [0.29, 0.717) is 13.2 Å². The molecule has 1 aliphatic heterocycles. The van der Waals surface area contributed by atoms with Crippen LogP contribution in [0.2, 0.25) is 0 Å². The Hall–Kier alpha value is -2.15. The Balaban J connectivity index is 2.06. The van der Waals surface area contributed by atoms with E-state index < -0.39 is 16.6 Å². The molecule has 1 saturated heterocycles. The van der Waals surface area contributed by atoms with E-state index >= 15 is 0 Å². The first kappa shape index (κ1) is 14.3. The minimum absolute atomic E-state index is 0.0121. The van der Waals surface area contributed by atoms with Crippen LogP contribution in [0.4, 0.5) is 5.69 Å². The largest absolute Gasteiger partial charge is 0.491 e. The first-order chi connectivity index (χ1) is 9.58. The maximum atomic E-state index is 10.9. The predicted molar refractivity (Wildman–Crippen MR) is 69.1 cm³/mol. The smallest absolute Gasteiger partial charge is 0.342 e. The van der Waals surface area contributed by atoms with Crippen LogP contribution in [0.25, 0.3) is 0 Å². The average Bonchev–Trinajstić information content (AvgIpc) is 2.45. The number of hydrogen-bond donors (Lipinski definition) is 1. The summed E-state index contributed by atoms with van der Waals surface area (Å²) in [6.45, 7) is 1.01. The molecule has 2 rings (SSSR count). The number of nitro groups is 1. The predicted octanol–water partition coefficient (Wildman–Crippen LogP) is 2.24. The molecule has 0 radical (unpaired) electrons. The molecule has 1 aliphatic rings. The summed E-state index contributed by atoms with van der Waals surface area (Å²) in [6, 6.07) is 3.73. The van der Waals surface area contributed by atoms with Gasteiger partial charge < -0.3 is 14.6 Å². The zero-order valence-electron chi connectivity index (χ0n) is 10.8. The van der Waals surface area contributed by atoms with Gasteiger partial charge in [-0.15, -0.1) is 0 Å². The van der Waals surface area contributed by atoms with Gasteiger partial charge in [-0.2, -0.15) is 0 Å².